The SMILES string of the molecule is COc1cccc(C(=O)NCC(=O)OC(C)c2nc(-c3ccc(C)c(F)c3)no2)c1. The van der Waals surface area contributed by atoms with E-state index in [-0.39, 0.29) is 24.1 Å². The van der Waals surface area contributed by atoms with Gasteiger partial charge in [0.05, 0.1) is 7.11 Å². The largest absolute Gasteiger partial charge is 0.497 e. The van der Waals surface area contributed by atoms with Crippen LogP contribution in [0.4, 0.5) is 4.39 Å². The lowest BCUT2D eigenvalue weighted by atomic mass is 10.1. The predicted molar refractivity (Wildman–Crippen MR) is 104 cm³/mol. The van der Waals surface area contributed by atoms with Crippen LogP contribution in [-0.2, 0) is 9.53 Å². The number of hydrogen-bond donors (Lipinski definition) is 1. The molecule has 1 heterocycles. The van der Waals surface area contributed by atoms with Crippen LogP contribution in [0.15, 0.2) is 47.0 Å². The minimum absolute atomic E-state index is 0.0541. The zero-order valence-corrected chi connectivity index (χ0v) is 16.6. The topological polar surface area (TPSA) is 104 Å². The van der Waals surface area contributed by atoms with Gasteiger partial charge >= 0.3 is 5.97 Å². The molecule has 0 bridgehead atoms. The molecule has 0 radical (unpaired) electrons. The number of hydrogen-bond acceptors (Lipinski definition) is 7. The van der Waals surface area contributed by atoms with E-state index in [1.165, 1.54) is 13.2 Å². The molecule has 1 unspecified atom stereocenters. The van der Waals surface area contributed by atoms with Crippen LogP contribution in [-0.4, -0.2) is 35.7 Å². The van der Waals surface area contributed by atoms with Crippen molar-refractivity contribution in [3.05, 3.63) is 65.3 Å². The highest BCUT2D eigenvalue weighted by Gasteiger charge is 2.20. The minimum atomic E-state index is -0.845. The van der Waals surface area contributed by atoms with Gasteiger partial charge in [-0.3, -0.25) is 9.59 Å². The van der Waals surface area contributed by atoms with Gasteiger partial charge in [0.2, 0.25) is 5.82 Å². The number of aromatic nitrogens is 2. The van der Waals surface area contributed by atoms with Crippen molar-refractivity contribution in [3.8, 4) is 17.1 Å². The third-order valence-electron chi connectivity index (χ3n) is 4.25. The van der Waals surface area contributed by atoms with Gasteiger partial charge in [0, 0.05) is 11.1 Å². The summed E-state index contributed by atoms with van der Waals surface area (Å²) in [6.07, 6.45) is -0.845. The number of esters is 1. The standard InChI is InChI=1S/C21H20FN3O5/c1-12-7-8-14(10-17(12)22)19-24-21(30-25-19)13(2)29-18(26)11-23-20(27)15-5-4-6-16(9-15)28-3/h4-10,13H,11H2,1-3H3,(H,23,27). The predicted octanol–water partition coefficient (Wildman–Crippen LogP) is 3.23. The highest BCUT2D eigenvalue weighted by atomic mass is 19.1. The first kappa shape index (κ1) is 21.0. The lowest BCUT2D eigenvalue weighted by Crippen LogP contribution is -2.31. The van der Waals surface area contributed by atoms with Crippen LogP contribution in [0.1, 0.15) is 34.8 Å². The van der Waals surface area contributed by atoms with E-state index in [9.17, 15) is 14.0 Å². The van der Waals surface area contributed by atoms with Crippen LogP contribution in [0.25, 0.3) is 11.4 Å². The monoisotopic (exact) mass is 413 g/mol. The van der Waals surface area contributed by atoms with E-state index in [1.807, 2.05) is 0 Å². The van der Waals surface area contributed by atoms with Crippen LogP contribution in [0.5, 0.6) is 5.75 Å². The first-order valence-electron chi connectivity index (χ1n) is 9.09. The number of amides is 1. The Balaban J connectivity index is 1.56. The van der Waals surface area contributed by atoms with Crippen LogP contribution < -0.4 is 10.1 Å². The number of benzene rings is 2. The first-order valence-corrected chi connectivity index (χ1v) is 9.09. The van der Waals surface area contributed by atoms with Crippen molar-refractivity contribution in [1.82, 2.24) is 15.5 Å². The molecule has 1 aromatic heterocycles. The summed E-state index contributed by atoms with van der Waals surface area (Å²) in [5.74, 6) is -0.749. The average Bonchev–Trinajstić information content (AvgIpc) is 3.24. The molecule has 8 nitrogen and oxygen atoms in total. The normalized spacial score (nSPS) is 11.6. The van der Waals surface area contributed by atoms with Crippen LogP contribution >= 0.6 is 0 Å². The average molecular weight is 413 g/mol. The number of carbonyl (C=O) groups is 2. The summed E-state index contributed by atoms with van der Waals surface area (Å²) in [4.78, 5) is 28.3. The van der Waals surface area contributed by atoms with Crippen molar-refractivity contribution in [2.75, 3.05) is 13.7 Å². The Hall–Kier alpha value is -3.75. The van der Waals surface area contributed by atoms with Gasteiger partial charge in [-0.1, -0.05) is 23.4 Å². The van der Waals surface area contributed by atoms with Crippen molar-refractivity contribution < 1.29 is 28.0 Å². The summed E-state index contributed by atoms with van der Waals surface area (Å²) in [5.41, 5.74) is 1.29. The zero-order chi connectivity index (χ0) is 21.7. The molecule has 30 heavy (non-hydrogen) atoms. The molecule has 156 valence electrons. The fraction of sp³-hybridized carbons (Fsp3) is 0.238. The Morgan fingerprint density at radius 2 is 2.03 bits per heavy atom. The van der Waals surface area contributed by atoms with E-state index in [4.69, 9.17) is 14.0 Å². The van der Waals surface area contributed by atoms with E-state index in [1.54, 1.807) is 50.2 Å². The second kappa shape index (κ2) is 9.17. The molecule has 0 saturated heterocycles. The number of ether oxygens (including phenoxy) is 2. The Bertz CT molecular complexity index is 1070. The van der Waals surface area contributed by atoms with Crippen molar-refractivity contribution >= 4 is 11.9 Å². The molecular weight excluding hydrogens is 393 g/mol. The molecular formula is C21H20FN3O5. The molecule has 0 saturated carbocycles. The van der Waals surface area contributed by atoms with Gasteiger partial charge in [-0.25, -0.2) is 4.39 Å². The second-order valence-electron chi connectivity index (χ2n) is 6.47. The summed E-state index contributed by atoms with van der Waals surface area (Å²) < 4.78 is 29.1. The van der Waals surface area contributed by atoms with E-state index < -0.39 is 18.0 Å². The van der Waals surface area contributed by atoms with Gasteiger partial charge < -0.3 is 19.3 Å². The summed E-state index contributed by atoms with van der Waals surface area (Å²) in [5, 5.41) is 6.26. The third kappa shape index (κ3) is 4.99. The van der Waals surface area contributed by atoms with E-state index in [0.29, 0.717) is 22.4 Å². The van der Waals surface area contributed by atoms with E-state index in [0.717, 1.165) is 0 Å². The van der Waals surface area contributed by atoms with Gasteiger partial charge in [0.15, 0.2) is 6.10 Å². The van der Waals surface area contributed by atoms with E-state index in [2.05, 4.69) is 15.5 Å². The molecule has 1 amide bonds. The van der Waals surface area contributed by atoms with Crippen LogP contribution in [0.3, 0.4) is 0 Å². The smallest absolute Gasteiger partial charge is 0.326 e. The van der Waals surface area contributed by atoms with Crippen molar-refractivity contribution in [2.24, 2.45) is 0 Å². The lowest BCUT2D eigenvalue weighted by Gasteiger charge is -2.10. The second-order valence-corrected chi connectivity index (χ2v) is 6.47. The van der Waals surface area contributed by atoms with Gasteiger partial charge in [-0.2, -0.15) is 4.98 Å². The van der Waals surface area contributed by atoms with Crippen LogP contribution in [0, 0.1) is 12.7 Å². The lowest BCUT2D eigenvalue weighted by molar-refractivity contribution is -0.148. The molecule has 9 heteroatoms. The minimum Gasteiger partial charge on any atom is -0.497 e. The Morgan fingerprint density at radius 1 is 1.23 bits per heavy atom. The molecule has 0 spiro atoms. The fourth-order valence-corrected chi connectivity index (χ4v) is 2.56. The maximum atomic E-state index is 13.7. The fourth-order valence-electron chi connectivity index (χ4n) is 2.56. The van der Waals surface area contributed by atoms with Gasteiger partial charge in [-0.05, 0) is 43.7 Å². The number of rotatable bonds is 7. The Labute approximate surface area is 172 Å². The molecule has 3 rings (SSSR count). The Morgan fingerprint density at radius 3 is 2.77 bits per heavy atom. The highest BCUT2D eigenvalue weighted by molar-refractivity contribution is 5.96. The molecule has 2 aromatic carbocycles. The summed E-state index contributed by atoms with van der Waals surface area (Å²) in [6.45, 7) is 2.86. The number of carbonyl (C=O) groups excluding carboxylic acids is 2. The highest BCUT2D eigenvalue weighted by Crippen LogP contribution is 2.22. The maximum absolute atomic E-state index is 13.7. The van der Waals surface area contributed by atoms with Crippen LogP contribution in [0.2, 0.25) is 0 Å². The summed E-state index contributed by atoms with van der Waals surface area (Å²) in [7, 11) is 1.49. The molecule has 0 aliphatic rings. The number of halogens is 1. The number of nitrogens with zero attached hydrogens (tertiary/aromatic N) is 2. The summed E-state index contributed by atoms with van der Waals surface area (Å²) >= 11 is 0. The van der Waals surface area contributed by atoms with Crippen molar-refractivity contribution in [2.45, 2.75) is 20.0 Å². The number of nitrogens with one attached hydrogen (secondary N) is 1. The molecule has 3 aromatic rings. The molecule has 1 N–H and O–H groups in total. The first-order chi connectivity index (χ1) is 14.4. The molecule has 0 aliphatic carbocycles. The summed E-state index contributed by atoms with van der Waals surface area (Å²) in [6, 6.07) is 11.1. The maximum Gasteiger partial charge on any atom is 0.326 e. The van der Waals surface area contributed by atoms with Gasteiger partial charge in [0.25, 0.3) is 11.8 Å². The number of aryl methyl sites for hydroxylation is 1. The zero-order valence-electron chi connectivity index (χ0n) is 16.6. The Kier molecular flexibility index (Phi) is 6.41. The number of methoxy groups -OCH3 is 1. The molecule has 0 fully saturated rings. The third-order valence-corrected chi connectivity index (χ3v) is 4.25. The van der Waals surface area contributed by atoms with Gasteiger partial charge in [-0.15, -0.1) is 0 Å². The van der Waals surface area contributed by atoms with E-state index >= 15 is 0 Å². The molecule has 1 atom stereocenters. The quantitative estimate of drug-likeness (QED) is 0.593. The van der Waals surface area contributed by atoms with Gasteiger partial charge in [0.1, 0.15) is 18.1 Å². The van der Waals surface area contributed by atoms with Crippen molar-refractivity contribution in [1.29, 1.82) is 0 Å². The van der Waals surface area contributed by atoms with Crippen molar-refractivity contribution in [3.63, 3.8) is 0 Å². The molecule has 0 aliphatic heterocycles.